The molecule has 5 heteroatoms. The molecule has 0 spiro atoms. The van der Waals surface area contributed by atoms with Gasteiger partial charge < -0.3 is 10.2 Å². The number of amides is 2. The summed E-state index contributed by atoms with van der Waals surface area (Å²) in [5.41, 5.74) is 0. The van der Waals surface area contributed by atoms with Crippen LogP contribution in [0.2, 0.25) is 0 Å². The molecule has 2 rings (SSSR count). The highest BCUT2D eigenvalue weighted by Gasteiger charge is 2.39. The number of piperidine rings is 1. The first-order valence-corrected chi connectivity index (χ1v) is 7.95. The molecule has 0 unspecified atom stereocenters. The quantitative estimate of drug-likeness (QED) is 0.927. The summed E-state index contributed by atoms with van der Waals surface area (Å²) in [7, 11) is 1.80. The van der Waals surface area contributed by atoms with Crippen molar-refractivity contribution in [3.8, 4) is 0 Å². The summed E-state index contributed by atoms with van der Waals surface area (Å²) in [5, 5.41) is 5.00. The highest BCUT2D eigenvalue weighted by molar-refractivity contribution is 7.10. The molecule has 0 aliphatic carbocycles. The third-order valence-electron chi connectivity index (χ3n) is 3.72. The predicted molar refractivity (Wildman–Crippen MR) is 80.4 cm³/mol. The fourth-order valence-corrected chi connectivity index (χ4v) is 3.53. The standard InChI is InChI=1S/C15H22N2O2S/c1-10(2)9-16-15(19)11-6-7-13(18)17(3)14(11)12-5-4-8-20-12/h4-5,8,10-11,14H,6-7,9H2,1-3H3,(H,16,19)/t11-,14+/m0/s1. The van der Waals surface area contributed by atoms with Crippen molar-refractivity contribution in [2.45, 2.75) is 32.7 Å². The van der Waals surface area contributed by atoms with Gasteiger partial charge in [-0.05, 0) is 23.8 Å². The van der Waals surface area contributed by atoms with Crippen LogP contribution in [0.4, 0.5) is 0 Å². The lowest BCUT2D eigenvalue weighted by Crippen LogP contribution is -2.46. The summed E-state index contributed by atoms with van der Waals surface area (Å²) < 4.78 is 0. The minimum Gasteiger partial charge on any atom is -0.356 e. The van der Waals surface area contributed by atoms with Crippen LogP contribution in [-0.4, -0.2) is 30.3 Å². The molecule has 0 bridgehead atoms. The lowest BCUT2D eigenvalue weighted by Gasteiger charge is -2.37. The zero-order valence-corrected chi connectivity index (χ0v) is 13.1. The van der Waals surface area contributed by atoms with Crippen molar-refractivity contribution in [3.05, 3.63) is 22.4 Å². The van der Waals surface area contributed by atoms with Crippen LogP contribution >= 0.6 is 11.3 Å². The zero-order valence-electron chi connectivity index (χ0n) is 12.3. The Morgan fingerprint density at radius 1 is 1.55 bits per heavy atom. The van der Waals surface area contributed by atoms with Gasteiger partial charge in [-0.3, -0.25) is 9.59 Å². The van der Waals surface area contributed by atoms with Crippen LogP contribution in [0.3, 0.4) is 0 Å². The number of hydrogen-bond acceptors (Lipinski definition) is 3. The lowest BCUT2D eigenvalue weighted by molar-refractivity contribution is -0.141. The van der Waals surface area contributed by atoms with E-state index in [1.54, 1.807) is 23.3 Å². The first kappa shape index (κ1) is 15.0. The molecule has 2 amide bonds. The molecular formula is C15H22N2O2S. The number of nitrogens with one attached hydrogen (secondary N) is 1. The molecule has 4 nitrogen and oxygen atoms in total. The van der Waals surface area contributed by atoms with Crippen LogP contribution in [-0.2, 0) is 9.59 Å². The molecule has 1 N–H and O–H groups in total. The fourth-order valence-electron chi connectivity index (χ4n) is 2.60. The molecule has 20 heavy (non-hydrogen) atoms. The maximum atomic E-state index is 12.4. The fraction of sp³-hybridized carbons (Fsp3) is 0.600. The maximum Gasteiger partial charge on any atom is 0.225 e. The lowest BCUT2D eigenvalue weighted by atomic mass is 9.87. The normalized spacial score (nSPS) is 23.2. The minimum absolute atomic E-state index is 0.0662. The van der Waals surface area contributed by atoms with E-state index < -0.39 is 0 Å². The number of rotatable bonds is 4. The second-order valence-corrected chi connectivity index (χ2v) is 6.73. The number of thiophene rings is 1. The smallest absolute Gasteiger partial charge is 0.225 e. The molecule has 2 heterocycles. The molecule has 1 aromatic rings. The summed E-state index contributed by atoms with van der Waals surface area (Å²) in [4.78, 5) is 27.2. The number of likely N-dealkylation sites (tertiary alicyclic amines) is 1. The van der Waals surface area contributed by atoms with Crippen molar-refractivity contribution < 1.29 is 9.59 Å². The van der Waals surface area contributed by atoms with E-state index in [9.17, 15) is 9.59 Å². The molecule has 0 radical (unpaired) electrons. The molecule has 1 aliphatic rings. The van der Waals surface area contributed by atoms with Crippen LogP contribution in [0.15, 0.2) is 17.5 Å². The summed E-state index contributed by atoms with van der Waals surface area (Å²) in [6, 6.07) is 3.85. The number of nitrogens with zero attached hydrogens (tertiary/aromatic N) is 1. The van der Waals surface area contributed by atoms with Gasteiger partial charge in [0.25, 0.3) is 0 Å². The Bertz CT molecular complexity index is 470. The van der Waals surface area contributed by atoms with Crippen molar-refractivity contribution in [2.24, 2.45) is 11.8 Å². The summed E-state index contributed by atoms with van der Waals surface area (Å²) in [6.45, 7) is 4.84. The highest BCUT2D eigenvalue weighted by Crippen LogP contribution is 2.37. The largest absolute Gasteiger partial charge is 0.356 e. The van der Waals surface area contributed by atoms with Crippen molar-refractivity contribution in [1.29, 1.82) is 0 Å². The number of carbonyl (C=O) groups excluding carboxylic acids is 2. The Balaban J connectivity index is 2.16. The van der Waals surface area contributed by atoms with Crippen LogP contribution < -0.4 is 5.32 Å². The zero-order chi connectivity index (χ0) is 14.7. The first-order chi connectivity index (χ1) is 9.50. The van der Waals surface area contributed by atoms with E-state index in [0.29, 0.717) is 25.3 Å². The number of hydrogen-bond donors (Lipinski definition) is 1. The van der Waals surface area contributed by atoms with Gasteiger partial charge in [-0.1, -0.05) is 19.9 Å². The molecule has 1 aliphatic heterocycles. The average molecular weight is 294 g/mol. The topological polar surface area (TPSA) is 49.4 Å². The van der Waals surface area contributed by atoms with Crippen LogP contribution in [0.5, 0.6) is 0 Å². The Labute approximate surface area is 124 Å². The van der Waals surface area contributed by atoms with Gasteiger partial charge in [-0.2, -0.15) is 0 Å². The summed E-state index contributed by atoms with van der Waals surface area (Å²) >= 11 is 1.61. The van der Waals surface area contributed by atoms with E-state index >= 15 is 0 Å². The van der Waals surface area contributed by atoms with Gasteiger partial charge in [0.05, 0.1) is 12.0 Å². The number of carbonyl (C=O) groups is 2. The first-order valence-electron chi connectivity index (χ1n) is 7.07. The van der Waals surface area contributed by atoms with Crippen LogP contribution in [0.25, 0.3) is 0 Å². The second-order valence-electron chi connectivity index (χ2n) is 5.75. The second kappa shape index (κ2) is 6.39. The van der Waals surface area contributed by atoms with Crippen LogP contribution in [0, 0.1) is 11.8 Å². The summed E-state index contributed by atoms with van der Waals surface area (Å²) in [5.74, 6) is 0.477. The molecule has 1 saturated heterocycles. The molecule has 0 saturated carbocycles. The molecule has 0 aromatic carbocycles. The third-order valence-corrected chi connectivity index (χ3v) is 4.66. The SMILES string of the molecule is CC(C)CNC(=O)[C@H]1CCC(=O)N(C)[C@H]1c1cccs1. The van der Waals surface area contributed by atoms with Gasteiger partial charge in [0.1, 0.15) is 0 Å². The molecule has 1 aromatic heterocycles. The van der Waals surface area contributed by atoms with Crippen molar-refractivity contribution >= 4 is 23.2 Å². The van der Waals surface area contributed by atoms with Crippen molar-refractivity contribution in [3.63, 3.8) is 0 Å². The van der Waals surface area contributed by atoms with Gasteiger partial charge in [0, 0.05) is 24.9 Å². The Morgan fingerprint density at radius 3 is 2.90 bits per heavy atom. The van der Waals surface area contributed by atoms with E-state index in [1.807, 2.05) is 17.5 Å². The van der Waals surface area contributed by atoms with E-state index in [1.165, 1.54) is 0 Å². The van der Waals surface area contributed by atoms with E-state index in [-0.39, 0.29) is 23.8 Å². The predicted octanol–water partition coefficient (Wildman–Crippen LogP) is 2.43. The maximum absolute atomic E-state index is 12.4. The molecular weight excluding hydrogens is 272 g/mol. The average Bonchev–Trinajstić information content (AvgIpc) is 2.92. The van der Waals surface area contributed by atoms with Gasteiger partial charge >= 0.3 is 0 Å². The van der Waals surface area contributed by atoms with Crippen molar-refractivity contribution in [2.75, 3.05) is 13.6 Å². The third kappa shape index (κ3) is 3.20. The van der Waals surface area contributed by atoms with Crippen molar-refractivity contribution in [1.82, 2.24) is 10.2 Å². The van der Waals surface area contributed by atoms with E-state index in [4.69, 9.17) is 0 Å². The summed E-state index contributed by atoms with van der Waals surface area (Å²) in [6.07, 6.45) is 1.09. The Morgan fingerprint density at radius 2 is 2.30 bits per heavy atom. The minimum atomic E-state index is -0.143. The van der Waals surface area contributed by atoms with Gasteiger partial charge in [-0.15, -0.1) is 11.3 Å². The monoisotopic (exact) mass is 294 g/mol. The Kier molecular flexibility index (Phi) is 4.81. The van der Waals surface area contributed by atoms with E-state index in [2.05, 4.69) is 19.2 Å². The van der Waals surface area contributed by atoms with Gasteiger partial charge in [-0.25, -0.2) is 0 Å². The highest BCUT2D eigenvalue weighted by atomic mass is 32.1. The molecule has 2 atom stereocenters. The van der Waals surface area contributed by atoms with E-state index in [0.717, 1.165) is 4.88 Å². The van der Waals surface area contributed by atoms with Gasteiger partial charge in [0.2, 0.25) is 11.8 Å². The molecule has 1 fully saturated rings. The molecule has 110 valence electrons. The van der Waals surface area contributed by atoms with Crippen LogP contribution in [0.1, 0.15) is 37.6 Å². The van der Waals surface area contributed by atoms with Gasteiger partial charge in [0.15, 0.2) is 0 Å². The Hall–Kier alpha value is -1.36.